The SMILES string of the molecule is C[Si]1(C)C(=C(C#Cc2ccccc2)c2ccccc2)[Si](C)(C)c2cccc3cccc1c23. The average molecular weight is 445 g/mol. The van der Waals surface area contributed by atoms with E-state index in [0.717, 1.165) is 5.56 Å². The predicted molar refractivity (Wildman–Crippen MR) is 145 cm³/mol. The lowest BCUT2D eigenvalue weighted by atomic mass is 10.1. The molecule has 4 aromatic rings. The summed E-state index contributed by atoms with van der Waals surface area (Å²) in [6.07, 6.45) is 0. The molecular formula is C30H28Si2. The third-order valence-electron chi connectivity index (χ3n) is 6.92. The molecule has 4 aromatic carbocycles. The van der Waals surface area contributed by atoms with Crippen molar-refractivity contribution in [3.63, 3.8) is 0 Å². The highest BCUT2D eigenvalue weighted by Gasteiger charge is 2.47. The van der Waals surface area contributed by atoms with Gasteiger partial charge in [-0.15, -0.1) is 0 Å². The molecule has 0 aliphatic carbocycles. The van der Waals surface area contributed by atoms with Gasteiger partial charge in [0, 0.05) is 11.1 Å². The summed E-state index contributed by atoms with van der Waals surface area (Å²) in [6, 6.07) is 35.0. The molecule has 0 radical (unpaired) electrons. The first-order valence-corrected chi connectivity index (χ1v) is 17.3. The van der Waals surface area contributed by atoms with Crippen molar-refractivity contribution in [2.45, 2.75) is 26.2 Å². The summed E-state index contributed by atoms with van der Waals surface area (Å²) in [7, 11) is -3.90. The fraction of sp³-hybridized carbons (Fsp3) is 0.133. The molecule has 0 nitrogen and oxygen atoms in total. The van der Waals surface area contributed by atoms with Gasteiger partial charge in [0.25, 0.3) is 0 Å². The number of hydrogen-bond donors (Lipinski definition) is 0. The Kier molecular flexibility index (Phi) is 5.05. The normalized spacial score (nSPS) is 15.7. The summed E-state index contributed by atoms with van der Waals surface area (Å²) in [5, 5.41) is 6.03. The van der Waals surface area contributed by atoms with Crippen LogP contribution in [-0.4, -0.2) is 16.1 Å². The third kappa shape index (κ3) is 3.30. The van der Waals surface area contributed by atoms with Gasteiger partial charge in [0.1, 0.15) is 16.1 Å². The van der Waals surface area contributed by atoms with Gasteiger partial charge in [-0.1, -0.05) is 128 Å². The van der Waals surface area contributed by atoms with Crippen molar-refractivity contribution in [2.75, 3.05) is 0 Å². The van der Waals surface area contributed by atoms with Gasteiger partial charge < -0.3 is 0 Å². The van der Waals surface area contributed by atoms with Crippen molar-refractivity contribution in [1.29, 1.82) is 0 Å². The monoisotopic (exact) mass is 444 g/mol. The maximum absolute atomic E-state index is 3.70. The first-order valence-electron chi connectivity index (χ1n) is 11.3. The quantitative estimate of drug-likeness (QED) is 0.240. The lowest BCUT2D eigenvalue weighted by Crippen LogP contribution is -2.63. The number of benzene rings is 4. The van der Waals surface area contributed by atoms with E-state index in [4.69, 9.17) is 0 Å². The number of allylic oxidation sites excluding steroid dienone is 1. The molecule has 0 unspecified atom stereocenters. The van der Waals surface area contributed by atoms with E-state index in [2.05, 4.69) is 129 Å². The Balaban J connectivity index is 1.88. The van der Waals surface area contributed by atoms with E-state index in [1.165, 1.54) is 21.9 Å². The second-order valence-corrected chi connectivity index (χ2v) is 18.8. The standard InChI is InChI=1S/C30H28Si2/c1-31(2)27-19-11-17-25-18-12-20-28(29(25)27)32(3,4)30(31)26(24-15-9-6-10-16-24)22-21-23-13-7-5-8-14-23/h5-20H,1-4H3. The maximum Gasteiger partial charge on any atom is 0.106 e. The molecule has 0 saturated heterocycles. The van der Waals surface area contributed by atoms with Crippen molar-refractivity contribution < 1.29 is 0 Å². The molecule has 5 rings (SSSR count). The summed E-state index contributed by atoms with van der Waals surface area (Å²) in [5.41, 5.74) is 3.58. The Morgan fingerprint density at radius 2 is 1.12 bits per heavy atom. The smallest absolute Gasteiger partial charge is 0.0658 e. The zero-order chi connectivity index (χ0) is 22.3. The molecule has 0 atom stereocenters. The lowest BCUT2D eigenvalue weighted by molar-refractivity contribution is 1.59. The van der Waals surface area contributed by atoms with Crippen molar-refractivity contribution >= 4 is 42.9 Å². The zero-order valence-corrected chi connectivity index (χ0v) is 21.2. The molecule has 0 aromatic heterocycles. The first-order chi connectivity index (χ1) is 15.4. The molecule has 0 fully saturated rings. The van der Waals surface area contributed by atoms with Crippen LogP contribution >= 0.6 is 0 Å². The predicted octanol–water partition coefficient (Wildman–Crippen LogP) is 6.27. The van der Waals surface area contributed by atoms with Gasteiger partial charge in [-0.25, -0.2) is 0 Å². The Morgan fingerprint density at radius 1 is 0.594 bits per heavy atom. The highest BCUT2D eigenvalue weighted by molar-refractivity contribution is 7.19. The van der Waals surface area contributed by atoms with Crippen molar-refractivity contribution in [3.05, 3.63) is 113 Å². The highest BCUT2D eigenvalue weighted by atomic mass is 28.4. The minimum Gasteiger partial charge on any atom is -0.0658 e. The van der Waals surface area contributed by atoms with E-state index >= 15 is 0 Å². The molecule has 0 amide bonds. The molecule has 0 N–H and O–H groups in total. The van der Waals surface area contributed by atoms with Crippen molar-refractivity contribution in [2.24, 2.45) is 0 Å². The molecule has 32 heavy (non-hydrogen) atoms. The van der Waals surface area contributed by atoms with E-state index < -0.39 is 16.1 Å². The van der Waals surface area contributed by atoms with Gasteiger partial charge >= 0.3 is 0 Å². The summed E-state index contributed by atoms with van der Waals surface area (Å²) in [4.78, 5) is 1.66. The van der Waals surface area contributed by atoms with Crippen LogP contribution in [0.4, 0.5) is 0 Å². The van der Waals surface area contributed by atoms with Gasteiger partial charge in [0.15, 0.2) is 0 Å². The van der Waals surface area contributed by atoms with Gasteiger partial charge in [-0.05, 0) is 38.8 Å². The molecular weight excluding hydrogens is 417 g/mol. The van der Waals surface area contributed by atoms with Crippen LogP contribution in [0.25, 0.3) is 16.3 Å². The first kappa shape index (κ1) is 20.8. The van der Waals surface area contributed by atoms with E-state index in [1.807, 2.05) is 6.07 Å². The van der Waals surface area contributed by atoms with Crippen LogP contribution in [0, 0.1) is 11.8 Å². The summed E-state index contributed by atoms with van der Waals surface area (Å²) < 4.78 is 0. The Labute approximate surface area is 193 Å². The molecule has 1 aliphatic heterocycles. The largest absolute Gasteiger partial charge is 0.106 e. The maximum atomic E-state index is 3.70. The Hall–Kier alpha value is -3.13. The highest BCUT2D eigenvalue weighted by Crippen LogP contribution is 2.38. The van der Waals surface area contributed by atoms with Gasteiger partial charge in [-0.2, -0.15) is 0 Å². The molecule has 0 bridgehead atoms. The van der Waals surface area contributed by atoms with Crippen LogP contribution in [0.1, 0.15) is 11.1 Å². The van der Waals surface area contributed by atoms with Crippen LogP contribution in [0.5, 0.6) is 0 Å². The van der Waals surface area contributed by atoms with E-state index in [-0.39, 0.29) is 0 Å². The van der Waals surface area contributed by atoms with E-state index in [0.29, 0.717) is 0 Å². The summed E-state index contributed by atoms with van der Waals surface area (Å²) in [6.45, 7) is 10.1. The zero-order valence-electron chi connectivity index (χ0n) is 19.2. The van der Waals surface area contributed by atoms with Gasteiger partial charge in [-0.3, -0.25) is 0 Å². The number of rotatable bonds is 1. The van der Waals surface area contributed by atoms with Gasteiger partial charge in [0.05, 0.1) is 0 Å². The van der Waals surface area contributed by atoms with E-state index in [9.17, 15) is 0 Å². The van der Waals surface area contributed by atoms with E-state index in [1.54, 1.807) is 15.2 Å². The van der Waals surface area contributed by atoms with Crippen molar-refractivity contribution in [1.82, 2.24) is 0 Å². The Bertz CT molecular complexity index is 1350. The van der Waals surface area contributed by atoms with Crippen LogP contribution in [-0.2, 0) is 0 Å². The average Bonchev–Trinajstić information content (AvgIpc) is 2.81. The van der Waals surface area contributed by atoms with Crippen LogP contribution < -0.4 is 10.4 Å². The molecule has 0 spiro atoms. The van der Waals surface area contributed by atoms with Gasteiger partial charge in [0.2, 0.25) is 0 Å². The molecule has 2 heteroatoms. The third-order valence-corrected chi connectivity index (χ3v) is 17.2. The fourth-order valence-electron chi connectivity index (χ4n) is 5.60. The molecule has 1 heterocycles. The summed E-state index contributed by atoms with van der Waals surface area (Å²) in [5.74, 6) is 7.20. The van der Waals surface area contributed by atoms with Crippen LogP contribution in [0.3, 0.4) is 0 Å². The lowest BCUT2D eigenvalue weighted by Gasteiger charge is -2.44. The number of hydrogen-bond acceptors (Lipinski definition) is 0. The second-order valence-electron chi connectivity index (χ2n) is 9.69. The minimum absolute atomic E-state index is 1.07. The fourth-order valence-corrected chi connectivity index (χ4v) is 17.8. The Morgan fingerprint density at radius 3 is 1.69 bits per heavy atom. The van der Waals surface area contributed by atoms with Crippen molar-refractivity contribution in [3.8, 4) is 11.8 Å². The molecule has 1 aliphatic rings. The topological polar surface area (TPSA) is 0 Å². The summed E-state index contributed by atoms with van der Waals surface area (Å²) >= 11 is 0. The molecule has 156 valence electrons. The van der Waals surface area contributed by atoms with Crippen LogP contribution in [0.15, 0.2) is 102 Å². The second kappa shape index (κ2) is 7.78. The minimum atomic E-state index is -1.95. The molecule has 0 saturated carbocycles. The van der Waals surface area contributed by atoms with Crippen LogP contribution in [0.2, 0.25) is 26.2 Å².